The van der Waals surface area contributed by atoms with Gasteiger partial charge in [0.15, 0.2) is 8.32 Å². The molecule has 1 aliphatic heterocycles. The molecule has 0 spiro atoms. The molecule has 110 valence electrons. The lowest BCUT2D eigenvalue weighted by Gasteiger charge is -2.37. The summed E-state index contributed by atoms with van der Waals surface area (Å²) < 4.78 is 6.34. The van der Waals surface area contributed by atoms with Crippen LogP contribution in [0, 0.1) is 5.92 Å². The van der Waals surface area contributed by atoms with E-state index in [0.29, 0.717) is 18.0 Å². The minimum Gasteiger partial charge on any atom is -0.415 e. The van der Waals surface area contributed by atoms with E-state index in [1.807, 2.05) is 6.08 Å². The maximum Gasteiger partial charge on any atom is 0.192 e. The van der Waals surface area contributed by atoms with Crippen LogP contribution in [0.3, 0.4) is 0 Å². The molecule has 0 unspecified atom stereocenters. The molecule has 2 nitrogen and oxygen atoms in total. The molecule has 0 saturated carbocycles. The molecule has 0 radical (unpaired) electrons. The lowest BCUT2D eigenvalue weighted by Crippen LogP contribution is -2.45. The van der Waals surface area contributed by atoms with E-state index in [4.69, 9.17) is 4.43 Å². The molecule has 0 aromatic rings. The zero-order valence-corrected chi connectivity index (χ0v) is 14.3. The molecule has 1 aliphatic rings. The molecule has 1 fully saturated rings. The maximum absolute atomic E-state index is 6.34. The second-order valence-corrected chi connectivity index (χ2v) is 12.0. The quantitative estimate of drug-likeness (QED) is 0.584. The largest absolute Gasteiger partial charge is 0.415 e. The van der Waals surface area contributed by atoms with Crippen molar-refractivity contribution < 1.29 is 4.43 Å². The Hall–Kier alpha value is -0.383. The summed E-state index contributed by atoms with van der Waals surface area (Å²) in [6, 6.07) is 0.949. The topological polar surface area (TPSA) is 21.3 Å². The van der Waals surface area contributed by atoms with Crippen molar-refractivity contribution in [2.24, 2.45) is 5.92 Å². The number of rotatable bonds is 6. The summed E-state index contributed by atoms with van der Waals surface area (Å²) in [5, 5.41) is 3.95. The SMILES string of the molecule is C=CC[C@H]1C[C@@H](C=C)[C@H](CO[Si](C)(C)C(C)(C)C)N1. The molecule has 1 heterocycles. The van der Waals surface area contributed by atoms with Gasteiger partial charge in [0.05, 0.1) is 0 Å². The molecule has 0 aromatic heterocycles. The van der Waals surface area contributed by atoms with E-state index in [2.05, 4.69) is 58.4 Å². The van der Waals surface area contributed by atoms with Crippen molar-refractivity contribution in [2.75, 3.05) is 6.61 Å². The number of nitrogens with one attached hydrogen (secondary N) is 1. The van der Waals surface area contributed by atoms with Crippen molar-refractivity contribution in [1.82, 2.24) is 5.32 Å². The van der Waals surface area contributed by atoms with E-state index in [1.54, 1.807) is 0 Å². The van der Waals surface area contributed by atoms with Crippen LogP contribution in [0.15, 0.2) is 25.3 Å². The Kier molecular flexibility index (Phi) is 5.60. The van der Waals surface area contributed by atoms with Gasteiger partial charge in [0.25, 0.3) is 0 Å². The van der Waals surface area contributed by atoms with Gasteiger partial charge in [-0.25, -0.2) is 0 Å². The summed E-state index contributed by atoms with van der Waals surface area (Å²) in [6.07, 6.45) is 6.26. The second-order valence-electron chi connectivity index (χ2n) is 7.20. The summed E-state index contributed by atoms with van der Waals surface area (Å²) in [5.74, 6) is 0.523. The van der Waals surface area contributed by atoms with E-state index in [0.717, 1.165) is 19.4 Å². The molecule has 0 amide bonds. The van der Waals surface area contributed by atoms with Crippen molar-refractivity contribution in [3.63, 3.8) is 0 Å². The molecular formula is C16H31NOSi. The highest BCUT2D eigenvalue weighted by Gasteiger charge is 2.39. The van der Waals surface area contributed by atoms with Crippen molar-refractivity contribution in [1.29, 1.82) is 0 Å². The van der Waals surface area contributed by atoms with Crippen molar-refractivity contribution >= 4 is 8.32 Å². The Balaban J connectivity index is 2.57. The second kappa shape index (κ2) is 6.38. The molecule has 1 N–H and O–H groups in total. The van der Waals surface area contributed by atoms with Gasteiger partial charge in [-0.2, -0.15) is 0 Å². The first-order valence-corrected chi connectivity index (χ1v) is 10.3. The average molecular weight is 282 g/mol. The molecule has 19 heavy (non-hydrogen) atoms. The summed E-state index contributed by atoms with van der Waals surface area (Å²) in [5.41, 5.74) is 0. The predicted octanol–water partition coefficient (Wildman–Crippen LogP) is 4.12. The molecule has 0 aromatic carbocycles. The highest BCUT2D eigenvalue weighted by molar-refractivity contribution is 6.74. The van der Waals surface area contributed by atoms with E-state index < -0.39 is 8.32 Å². The Bertz CT molecular complexity index is 319. The lowest BCUT2D eigenvalue weighted by atomic mass is 9.99. The summed E-state index contributed by atoms with van der Waals surface area (Å²) in [4.78, 5) is 0. The number of hydrogen-bond acceptors (Lipinski definition) is 2. The molecule has 0 aliphatic carbocycles. The third kappa shape index (κ3) is 4.30. The molecule has 0 bridgehead atoms. The fourth-order valence-electron chi connectivity index (χ4n) is 2.30. The van der Waals surface area contributed by atoms with Crippen LogP contribution in [0.1, 0.15) is 33.6 Å². The van der Waals surface area contributed by atoms with Gasteiger partial charge < -0.3 is 9.74 Å². The Morgan fingerprint density at radius 1 is 1.32 bits per heavy atom. The maximum atomic E-state index is 6.34. The highest BCUT2D eigenvalue weighted by Crippen LogP contribution is 2.37. The smallest absolute Gasteiger partial charge is 0.192 e. The summed E-state index contributed by atoms with van der Waals surface area (Å²) in [6.45, 7) is 20.1. The van der Waals surface area contributed by atoms with Gasteiger partial charge in [-0.3, -0.25) is 0 Å². The molecule has 1 rings (SSSR count). The van der Waals surface area contributed by atoms with Gasteiger partial charge in [-0.15, -0.1) is 13.2 Å². The molecular weight excluding hydrogens is 250 g/mol. The van der Waals surface area contributed by atoms with Gasteiger partial charge in [-0.1, -0.05) is 32.9 Å². The summed E-state index contributed by atoms with van der Waals surface area (Å²) >= 11 is 0. The third-order valence-electron chi connectivity index (χ3n) is 4.71. The van der Waals surface area contributed by atoms with Gasteiger partial charge >= 0.3 is 0 Å². The monoisotopic (exact) mass is 281 g/mol. The Labute approximate surface area is 120 Å². The first-order chi connectivity index (χ1) is 8.71. The van der Waals surface area contributed by atoms with Crippen molar-refractivity contribution in [2.45, 2.75) is 63.8 Å². The fraction of sp³-hybridized carbons (Fsp3) is 0.750. The van der Waals surface area contributed by atoms with Crippen LogP contribution >= 0.6 is 0 Å². The number of hydrogen-bond donors (Lipinski definition) is 1. The standard InChI is InChI=1S/C16H31NOSi/c1-8-10-14-11-13(9-2)15(17-14)12-18-19(6,7)16(3,4)5/h8-9,13-15,17H,1-2,10-12H2,3-7H3/t13-,14+,15+/m1/s1. The van der Waals surface area contributed by atoms with Gasteiger partial charge in [0.2, 0.25) is 0 Å². The fourth-order valence-corrected chi connectivity index (χ4v) is 3.33. The van der Waals surface area contributed by atoms with Gasteiger partial charge in [0.1, 0.15) is 0 Å². The minimum absolute atomic E-state index is 0.274. The van der Waals surface area contributed by atoms with Gasteiger partial charge in [-0.05, 0) is 36.9 Å². The lowest BCUT2D eigenvalue weighted by molar-refractivity contribution is 0.237. The molecule has 3 heteroatoms. The predicted molar refractivity (Wildman–Crippen MR) is 87.0 cm³/mol. The van der Waals surface area contributed by atoms with Crippen molar-refractivity contribution in [3.05, 3.63) is 25.3 Å². The van der Waals surface area contributed by atoms with Crippen LogP contribution in [-0.2, 0) is 4.43 Å². The van der Waals surface area contributed by atoms with Crippen LogP contribution in [0.2, 0.25) is 18.1 Å². The first kappa shape index (κ1) is 16.7. The minimum atomic E-state index is -1.65. The Morgan fingerprint density at radius 3 is 2.42 bits per heavy atom. The van der Waals surface area contributed by atoms with Crippen LogP contribution < -0.4 is 5.32 Å². The molecule has 3 atom stereocenters. The van der Waals surface area contributed by atoms with Gasteiger partial charge in [0, 0.05) is 18.7 Å². The van der Waals surface area contributed by atoms with Crippen molar-refractivity contribution in [3.8, 4) is 0 Å². The van der Waals surface area contributed by atoms with E-state index >= 15 is 0 Å². The van der Waals surface area contributed by atoms with E-state index in [9.17, 15) is 0 Å². The van der Waals surface area contributed by atoms with Crippen LogP contribution in [-0.4, -0.2) is 27.0 Å². The van der Waals surface area contributed by atoms with Crippen LogP contribution in [0.5, 0.6) is 0 Å². The zero-order chi connectivity index (χ0) is 14.7. The van der Waals surface area contributed by atoms with Crippen LogP contribution in [0.4, 0.5) is 0 Å². The zero-order valence-electron chi connectivity index (χ0n) is 13.3. The Morgan fingerprint density at radius 2 is 1.95 bits per heavy atom. The molecule has 1 saturated heterocycles. The first-order valence-electron chi connectivity index (χ1n) is 7.34. The van der Waals surface area contributed by atoms with E-state index in [1.165, 1.54) is 0 Å². The average Bonchev–Trinajstić information content (AvgIpc) is 2.68. The normalized spacial score (nSPS) is 28.4. The van der Waals surface area contributed by atoms with Crippen LogP contribution in [0.25, 0.3) is 0 Å². The third-order valence-corrected chi connectivity index (χ3v) is 9.21. The summed E-state index contributed by atoms with van der Waals surface area (Å²) in [7, 11) is -1.65. The highest BCUT2D eigenvalue weighted by atomic mass is 28.4. The van der Waals surface area contributed by atoms with E-state index in [-0.39, 0.29) is 5.04 Å².